The number of hydrogen-bond donors (Lipinski definition) is 1. The summed E-state index contributed by atoms with van der Waals surface area (Å²) >= 11 is 3.61. The molecule has 1 aromatic carbocycles. The van der Waals surface area contributed by atoms with Gasteiger partial charge in [-0.3, -0.25) is 0 Å². The summed E-state index contributed by atoms with van der Waals surface area (Å²) in [6.07, 6.45) is 2.17. The van der Waals surface area contributed by atoms with E-state index < -0.39 is 0 Å². The molecule has 4 heteroatoms. The summed E-state index contributed by atoms with van der Waals surface area (Å²) in [6.45, 7) is 12.8. The molecule has 0 spiro atoms. The summed E-state index contributed by atoms with van der Waals surface area (Å²) in [5.74, 6) is 1.62. The lowest BCUT2D eigenvalue weighted by Crippen LogP contribution is -2.35. The number of benzene rings is 1. The highest BCUT2D eigenvalue weighted by Crippen LogP contribution is 2.37. The van der Waals surface area contributed by atoms with Gasteiger partial charge in [-0.1, -0.05) is 13.3 Å². The number of unbranched alkanes of at least 4 members (excludes halogenated alkanes) is 1. The number of halogens is 1. The SMILES string of the molecule is CCCCOc1c(Br)cc(CNC(C)(C)C)cc1OCC. The molecule has 0 bridgehead atoms. The van der Waals surface area contributed by atoms with Gasteiger partial charge in [0.15, 0.2) is 11.5 Å². The van der Waals surface area contributed by atoms with Gasteiger partial charge in [0.05, 0.1) is 17.7 Å². The molecule has 0 aliphatic carbocycles. The summed E-state index contributed by atoms with van der Waals surface area (Å²) in [4.78, 5) is 0. The van der Waals surface area contributed by atoms with Gasteiger partial charge in [-0.15, -0.1) is 0 Å². The third-order valence-electron chi connectivity index (χ3n) is 2.94. The van der Waals surface area contributed by atoms with Gasteiger partial charge in [-0.2, -0.15) is 0 Å². The maximum absolute atomic E-state index is 5.87. The third kappa shape index (κ3) is 6.70. The molecule has 3 nitrogen and oxygen atoms in total. The first-order chi connectivity index (χ1) is 9.87. The Morgan fingerprint density at radius 3 is 2.43 bits per heavy atom. The molecular weight excluding hydrogens is 330 g/mol. The van der Waals surface area contributed by atoms with Crippen LogP contribution in [0.1, 0.15) is 53.0 Å². The van der Waals surface area contributed by atoms with Crippen molar-refractivity contribution in [2.45, 2.75) is 59.5 Å². The Bertz CT molecular complexity index is 441. The second kappa shape index (κ2) is 8.64. The summed E-state index contributed by atoms with van der Waals surface area (Å²) in [5, 5.41) is 3.49. The highest BCUT2D eigenvalue weighted by atomic mass is 79.9. The van der Waals surface area contributed by atoms with E-state index in [1.165, 1.54) is 5.56 Å². The predicted octanol–water partition coefficient (Wildman–Crippen LogP) is 4.91. The van der Waals surface area contributed by atoms with Crippen LogP contribution in [0.4, 0.5) is 0 Å². The van der Waals surface area contributed by atoms with E-state index in [-0.39, 0.29) is 5.54 Å². The lowest BCUT2D eigenvalue weighted by molar-refractivity contribution is 0.270. The van der Waals surface area contributed by atoms with Crippen molar-refractivity contribution in [1.29, 1.82) is 0 Å². The molecule has 0 saturated carbocycles. The molecule has 0 fully saturated rings. The molecule has 0 aromatic heterocycles. The lowest BCUT2D eigenvalue weighted by atomic mass is 10.1. The normalized spacial score (nSPS) is 11.5. The van der Waals surface area contributed by atoms with Crippen LogP contribution in [-0.4, -0.2) is 18.8 Å². The van der Waals surface area contributed by atoms with Gasteiger partial charge in [0.2, 0.25) is 0 Å². The Morgan fingerprint density at radius 2 is 1.86 bits per heavy atom. The van der Waals surface area contributed by atoms with Crippen molar-refractivity contribution >= 4 is 15.9 Å². The van der Waals surface area contributed by atoms with E-state index in [4.69, 9.17) is 9.47 Å². The minimum Gasteiger partial charge on any atom is -0.490 e. The second-order valence-corrected chi connectivity index (χ2v) is 7.00. The Labute approximate surface area is 137 Å². The van der Waals surface area contributed by atoms with Gasteiger partial charge in [0.1, 0.15) is 0 Å². The van der Waals surface area contributed by atoms with E-state index in [0.29, 0.717) is 6.61 Å². The van der Waals surface area contributed by atoms with Gasteiger partial charge in [-0.25, -0.2) is 0 Å². The standard InChI is InChI=1S/C17H28BrNO2/c1-6-8-9-21-16-14(18)10-13(11-15(16)20-7-2)12-19-17(3,4)5/h10-11,19H,6-9,12H2,1-5H3. The average molecular weight is 358 g/mol. The van der Waals surface area contributed by atoms with Crippen LogP contribution in [0.25, 0.3) is 0 Å². The molecule has 1 aromatic rings. The van der Waals surface area contributed by atoms with Crippen LogP contribution in [-0.2, 0) is 6.54 Å². The zero-order valence-electron chi connectivity index (χ0n) is 13.9. The summed E-state index contributed by atoms with van der Waals surface area (Å²) in [5.41, 5.74) is 1.28. The monoisotopic (exact) mass is 357 g/mol. The molecule has 0 heterocycles. The van der Waals surface area contributed by atoms with Crippen LogP contribution in [0.2, 0.25) is 0 Å². The summed E-state index contributed by atoms with van der Waals surface area (Å²) < 4.78 is 12.6. The molecule has 0 radical (unpaired) electrons. The van der Waals surface area contributed by atoms with Gasteiger partial charge < -0.3 is 14.8 Å². The fourth-order valence-corrected chi connectivity index (χ4v) is 2.42. The van der Waals surface area contributed by atoms with Crippen molar-refractivity contribution in [1.82, 2.24) is 5.32 Å². The van der Waals surface area contributed by atoms with Gasteiger partial charge in [0, 0.05) is 12.1 Å². The fourth-order valence-electron chi connectivity index (χ4n) is 1.81. The first kappa shape index (κ1) is 18.3. The Kier molecular flexibility index (Phi) is 7.53. The molecule has 0 amide bonds. The zero-order chi connectivity index (χ0) is 15.9. The van der Waals surface area contributed by atoms with Crippen LogP contribution >= 0.6 is 15.9 Å². The van der Waals surface area contributed by atoms with Crippen LogP contribution < -0.4 is 14.8 Å². The fraction of sp³-hybridized carbons (Fsp3) is 0.647. The molecule has 1 rings (SSSR count). The van der Waals surface area contributed by atoms with E-state index in [1.807, 2.05) is 6.92 Å². The highest BCUT2D eigenvalue weighted by molar-refractivity contribution is 9.10. The lowest BCUT2D eigenvalue weighted by Gasteiger charge is -2.21. The number of hydrogen-bond acceptors (Lipinski definition) is 3. The first-order valence-corrected chi connectivity index (χ1v) is 8.49. The van der Waals surface area contributed by atoms with Crippen LogP contribution in [0.15, 0.2) is 16.6 Å². The number of ether oxygens (including phenoxy) is 2. The smallest absolute Gasteiger partial charge is 0.175 e. The predicted molar refractivity (Wildman–Crippen MR) is 92.3 cm³/mol. The number of rotatable bonds is 8. The maximum Gasteiger partial charge on any atom is 0.175 e. The van der Waals surface area contributed by atoms with Crippen molar-refractivity contribution < 1.29 is 9.47 Å². The van der Waals surface area contributed by atoms with Crippen LogP contribution in [0, 0.1) is 0 Å². The molecule has 0 unspecified atom stereocenters. The quantitative estimate of drug-likeness (QED) is 0.670. The van der Waals surface area contributed by atoms with E-state index >= 15 is 0 Å². The molecule has 0 aliphatic rings. The van der Waals surface area contributed by atoms with E-state index in [2.05, 4.69) is 61.1 Å². The first-order valence-electron chi connectivity index (χ1n) is 7.70. The molecule has 0 atom stereocenters. The Hall–Kier alpha value is -0.740. The molecule has 120 valence electrons. The second-order valence-electron chi connectivity index (χ2n) is 6.14. The molecular formula is C17H28BrNO2. The van der Waals surface area contributed by atoms with E-state index in [0.717, 1.165) is 42.0 Å². The van der Waals surface area contributed by atoms with Crippen molar-refractivity contribution in [2.75, 3.05) is 13.2 Å². The van der Waals surface area contributed by atoms with Crippen molar-refractivity contribution in [2.24, 2.45) is 0 Å². The van der Waals surface area contributed by atoms with Crippen molar-refractivity contribution in [3.8, 4) is 11.5 Å². The molecule has 0 saturated heterocycles. The topological polar surface area (TPSA) is 30.5 Å². The largest absolute Gasteiger partial charge is 0.490 e. The maximum atomic E-state index is 5.87. The zero-order valence-corrected chi connectivity index (χ0v) is 15.5. The molecule has 1 N–H and O–H groups in total. The Morgan fingerprint density at radius 1 is 1.14 bits per heavy atom. The average Bonchev–Trinajstić information content (AvgIpc) is 2.39. The molecule has 21 heavy (non-hydrogen) atoms. The van der Waals surface area contributed by atoms with Crippen LogP contribution in [0.3, 0.4) is 0 Å². The van der Waals surface area contributed by atoms with E-state index in [9.17, 15) is 0 Å². The highest BCUT2D eigenvalue weighted by Gasteiger charge is 2.14. The van der Waals surface area contributed by atoms with Gasteiger partial charge in [-0.05, 0) is 67.7 Å². The third-order valence-corrected chi connectivity index (χ3v) is 3.53. The summed E-state index contributed by atoms with van der Waals surface area (Å²) in [6, 6.07) is 4.16. The molecule has 0 aliphatic heterocycles. The number of nitrogens with one attached hydrogen (secondary N) is 1. The summed E-state index contributed by atoms with van der Waals surface area (Å²) in [7, 11) is 0. The van der Waals surface area contributed by atoms with Crippen molar-refractivity contribution in [3.63, 3.8) is 0 Å². The minimum absolute atomic E-state index is 0.0918. The van der Waals surface area contributed by atoms with Crippen molar-refractivity contribution in [3.05, 3.63) is 22.2 Å². The van der Waals surface area contributed by atoms with E-state index in [1.54, 1.807) is 0 Å². The van der Waals surface area contributed by atoms with Gasteiger partial charge >= 0.3 is 0 Å². The van der Waals surface area contributed by atoms with Gasteiger partial charge in [0.25, 0.3) is 0 Å². The Balaban J connectivity index is 2.89. The van der Waals surface area contributed by atoms with Crippen LogP contribution in [0.5, 0.6) is 11.5 Å². The minimum atomic E-state index is 0.0918.